The molecular weight excluding hydrogens is 371 g/mol. The molecule has 0 radical (unpaired) electrons. The number of pyridine rings is 1. The van der Waals surface area contributed by atoms with Gasteiger partial charge in [0.05, 0.1) is 5.69 Å². The Labute approximate surface area is 129 Å². The summed E-state index contributed by atoms with van der Waals surface area (Å²) in [5.41, 5.74) is 0.924. The van der Waals surface area contributed by atoms with Crippen molar-refractivity contribution in [3.63, 3.8) is 0 Å². The molecule has 0 saturated carbocycles. The number of benzene rings is 1. The molecular formula is C12H9BrClFN2O2S. The number of hydrogen-bond donors (Lipinski definition) is 1. The molecule has 20 heavy (non-hydrogen) atoms. The summed E-state index contributed by atoms with van der Waals surface area (Å²) in [7, 11) is -3.89. The maximum Gasteiger partial charge on any atom is 0.263 e. The number of sulfonamides is 1. The van der Waals surface area contributed by atoms with Crippen LogP contribution in [0.15, 0.2) is 39.8 Å². The van der Waals surface area contributed by atoms with Gasteiger partial charge in [-0.1, -0.05) is 11.6 Å². The SMILES string of the molecule is Cc1cnc(Cl)c(NS(=O)(=O)c2ccc(F)cc2Br)c1. The normalized spacial score (nSPS) is 11.4. The highest BCUT2D eigenvalue weighted by molar-refractivity contribution is 9.10. The van der Waals surface area contributed by atoms with E-state index in [2.05, 4.69) is 25.6 Å². The second-order valence-corrected chi connectivity index (χ2v) is 6.89. The van der Waals surface area contributed by atoms with Gasteiger partial charge in [0.1, 0.15) is 10.7 Å². The average Bonchev–Trinajstić information content (AvgIpc) is 2.33. The van der Waals surface area contributed by atoms with E-state index < -0.39 is 15.8 Å². The molecule has 0 spiro atoms. The zero-order chi connectivity index (χ0) is 14.9. The summed E-state index contributed by atoms with van der Waals surface area (Å²) < 4.78 is 40.0. The molecule has 0 bridgehead atoms. The Morgan fingerprint density at radius 3 is 2.70 bits per heavy atom. The van der Waals surface area contributed by atoms with E-state index in [1.807, 2.05) is 0 Å². The van der Waals surface area contributed by atoms with Crippen molar-refractivity contribution >= 4 is 43.2 Å². The fourth-order valence-corrected chi connectivity index (χ4v) is 3.83. The Bertz CT molecular complexity index is 768. The summed E-state index contributed by atoms with van der Waals surface area (Å²) in [5.74, 6) is -0.536. The highest BCUT2D eigenvalue weighted by atomic mass is 79.9. The van der Waals surface area contributed by atoms with E-state index in [4.69, 9.17) is 11.6 Å². The third-order valence-electron chi connectivity index (χ3n) is 2.40. The van der Waals surface area contributed by atoms with Crippen LogP contribution in [0.1, 0.15) is 5.56 Å². The second-order valence-electron chi connectivity index (χ2n) is 4.03. The van der Waals surface area contributed by atoms with Gasteiger partial charge in [0.15, 0.2) is 5.15 Å². The molecule has 4 nitrogen and oxygen atoms in total. The largest absolute Gasteiger partial charge is 0.276 e. The topological polar surface area (TPSA) is 59.1 Å². The Balaban J connectivity index is 2.43. The summed E-state index contributed by atoms with van der Waals surface area (Å²) in [6.07, 6.45) is 1.52. The van der Waals surface area contributed by atoms with E-state index in [0.717, 1.165) is 17.7 Å². The molecule has 2 rings (SSSR count). The first-order valence-corrected chi connectivity index (χ1v) is 8.05. The van der Waals surface area contributed by atoms with Crippen LogP contribution >= 0.6 is 27.5 Å². The molecule has 0 atom stereocenters. The fraction of sp³-hybridized carbons (Fsp3) is 0.0833. The minimum absolute atomic E-state index is 0.0393. The molecule has 0 unspecified atom stereocenters. The quantitative estimate of drug-likeness (QED) is 0.826. The highest BCUT2D eigenvalue weighted by Crippen LogP contribution is 2.27. The predicted octanol–water partition coefficient (Wildman–Crippen LogP) is 3.75. The first-order valence-electron chi connectivity index (χ1n) is 5.39. The van der Waals surface area contributed by atoms with Gasteiger partial charge < -0.3 is 0 Å². The first-order chi connectivity index (χ1) is 9.29. The zero-order valence-electron chi connectivity index (χ0n) is 10.2. The van der Waals surface area contributed by atoms with Crippen LogP contribution < -0.4 is 4.72 Å². The third-order valence-corrected chi connectivity index (χ3v) is 5.05. The predicted molar refractivity (Wildman–Crippen MR) is 78.9 cm³/mol. The smallest absolute Gasteiger partial charge is 0.263 e. The maximum atomic E-state index is 13.0. The van der Waals surface area contributed by atoms with Crippen molar-refractivity contribution < 1.29 is 12.8 Å². The Hall–Kier alpha value is -1.18. The molecule has 1 N–H and O–H groups in total. The van der Waals surface area contributed by atoms with Gasteiger partial charge in [-0.25, -0.2) is 17.8 Å². The lowest BCUT2D eigenvalue weighted by atomic mass is 10.3. The minimum atomic E-state index is -3.89. The molecule has 1 heterocycles. The summed E-state index contributed by atoms with van der Waals surface area (Å²) in [4.78, 5) is 3.77. The fourth-order valence-electron chi connectivity index (χ4n) is 1.52. The number of aromatic nitrogens is 1. The van der Waals surface area contributed by atoms with E-state index in [-0.39, 0.29) is 20.2 Å². The minimum Gasteiger partial charge on any atom is -0.276 e. The molecule has 1 aromatic carbocycles. The van der Waals surface area contributed by atoms with Gasteiger partial charge in [-0.05, 0) is 52.7 Å². The van der Waals surface area contributed by atoms with Crippen LogP contribution in [0.3, 0.4) is 0 Å². The summed E-state index contributed by atoms with van der Waals surface area (Å²) in [5, 5.41) is 0.0393. The van der Waals surface area contributed by atoms with Crippen LogP contribution in [-0.2, 0) is 10.0 Å². The number of halogens is 3. The summed E-state index contributed by atoms with van der Waals surface area (Å²) >= 11 is 8.87. The van der Waals surface area contributed by atoms with Crippen LogP contribution in [0.2, 0.25) is 5.15 Å². The van der Waals surface area contributed by atoms with E-state index >= 15 is 0 Å². The van der Waals surface area contributed by atoms with Gasteiger partial charge in [-0.3, -0.25) is 4.72 Å². The van der Waals surface area contributed by atoms with Crippen molar-refractivity contribution in [1.29, 1.82) is 0 Å². The second kappa shape index (κ2) is 5.67. The van der Waals surface area contributed by atoms with E-state index in [9.17, 15) is 12.8 Å². The van der Waals surface area contributed by atoms with Crippen molar-refractivity contribution in [3.05, 3.63) is 51.5 Å². The van der Waals surface area contributed by atoms with Gasteiger partial charge >= 0.3 is 0 Å². The van der Waals surface area contributed by atoms with Crippen LogP contribution in [0.5, 0.6) is 0 Å². The highest BCUT2D eigenvalue weighted by Gasteiger charge is 2.19. The summed E-state index contributed by atoms with van der Waals surface area (Å²) in [6.45, 7) is 1.76. The van der Waals surface area contributed by atoms with Crippen LogP contribution in [0, 0.1) is 12.7 Å². The van der Waals surface area contributed by atoms with E-state index in [0.29, 0.717) is 0 Å². The van der Waals surface area contributed by atoms with Crippen molar-refractivity contribution in [1.82, 2.24) is 4.98 Å². The van der Waals surface area contributed by atoms with E-state index in [1.165, 1.54) is 12.3 Å². The molecule has 0 amide bonds. The first kappa shape index (κ1) is 15.2. The van der Waals surface area contributed by atoms with Crippen LogP contribution in [-0.4, -0.2) is 13.4 Å². The lowest BCUT2D eigenvalue weighted by Crippen LogP contribution is -2.14. The number of aryl methyl sites for hydroxylation is 1. The van der Waals surface area contributed by atoms with Gasteiger partial charge in [0.2, 0.25) is 0 Å². The molecule has 2 aromatic rings. The van der Waals surface area contributed by atoms with Crippen molar-refractivity contribution in [3.8, 4) is 0 Å². The van der Waals surface area contributed by atoms with Crippen LogP contribution in [0.4, 0.5) is 10.1 Å². The van der Waals surface area contributed by atoms with Gasteiger partial charge in [0, 0.05) is 10.7 Å². The average molecular weight is 380 g/mol. The van der Waals surface area contributed by atoms with Crippen molar-refractivity contribution in [2.45, 2.75) is 11.8 Å². The molecule has 106 valence electrons. The van der Waals surface area contributed by atoms with Gasteiger partial charge in [-0.2, -0.15) is 0 Å². The molecule has 0 aliphatic heterocycles. The molecule has 0 fully saturated rings. The van der Waals surface area contributed by atoms with Crippen molar-refractivity contribution in [2.24, 2.45) is 0 Å². The standard InChI is InChI=1S/C12H9BrClFN2O2S/c1-7-4-10(12(14)16-6-7)17-20(18,19)11-3-2-8(15)5-9(11)13/h2-6,17H,1H3. The van der Waals surface area contributed by atoms with Crippen LogP contribution in [0.25, 0.3) is 0 Å². The van der Waals surface area contributed by atoms with Gasteiger partial charge in [0.25, 0.3) is 10.0 Å². The number of hydrogen-bond acceptors (Lipinski definition) is 3. The molecule has 1 aromatic heterocycles. The Kier molecular flexibility index (Phi) is 4.31. The Morgan fingerprint density at radius 2 is 2.05 bits per heavy atom. The summed E-state index contributed by atoms with van der Waals surface area (Å²) in [6, 6.07) is 4.86. The zero-order valence-corrected chi connectivity index (χ0v) is 13.4. The molecule has 0 saturated heterocycles. The number of anilines is 1. The maximum absolute atomic E-state index is 13.0. The number of nitrogens with zero attached hydrogens (tertiary/aromatic N) is 1. The monoisotopic (exact) mass is 378 g/mol. The van der Waals surface area contributed by atoms with Crippen molar-refractivity contribution in [2.75, 3.05) is 4.72 Å². The van der Waals surface area contributed by atoms with Gasteiger partial charge in [-0.15, -0.1) is 0 Å². The number of rotatable bonds is 3. The molecule has 8 heteroatoms. The molecule has 0 aliphatic carbocycles. The number of nitrogens with one attached hydrogen (secondary N) is 1. The lowest BCUT2D eigenvalue weighted by molar-refractivity contribution is 0.599. The molecule has 0 aliphatic rings. The van der Waals surface area contributed by atoms with E-state index in [1.54, 1.807) is 13.0 Å². The third kappa shape index (κ3) is 3.28. The Morgan fingerprint density at radius 1 is 1.35 bits per heavy atom. The lowest BCUT2D eigenvalue weighted by Gasteiger charge is -2.11.